The number of nitrogens with one attached hydrogen (secondary N) is 2. The van der Waals surface area contributed by atoms with Gasteiger partial charge >= 0.3 is 12.0 Å². The van der Waals surface area contributed by atoms with Crippen LogP contribution in [0, 0.1) is 0 Å². The fourth-order valence-electron chi connectivity index (χ4n) is 0.881. The molecule has 0 aliphatic heterocycles. The summed E-state index contributed by atoms with van der Waals surface area (Å²) < 4.78 is 9.55. The lowest BCUT2D eigenvalue weighted by atomic mass is 10.6. The third kappa shape index (κ3) is 4.32. The van der Waals surface area contributed by atoms with Crippen LogP contribution in [0.2, 0.25) is 0 Å². The van der Waals surface area contributed by atoms with Crippen molar-refractivity contribution in [3.8, 4) is 0 Å². The molecular formula is C10H12N2O4. The van der Waals surface area contributed by atoms with Crippen LogP contribution in [0.3, 0.4) is 0 Å². The van der Waals surface area contributed by atoms with Gasteiger partial charge in [0.25, 0.3) is 0 Å². The van der Waals surface area contributed by atoms with Gasteiger partial charge < -0.3 is 14.5 Å². The second kappa shape index (κ2) is 6.28. The highest BCUT2D eigenvalue weighted by atomic mass is 16.5. The Labute approximate surface area is 92.3 Å². The van der Waals surface area contributed by atoms with E-state index in [2.05, 4.69) is 21.9 Å². The average Bonchev–Trinajstić information content (AvgIpc) is 2.76. The van der Waals surface area contributed by atoms with Gasteiger partial charge in [0.15, 0.2) is 0 Å². The molecular weight excluding hydrogens is 212 g/mol. The van der Waals surface area contributed by atoms with E-state index in [1.807, 2.05) is 0 Å². The van der Waals surface area contributed by atoms with Crippen molar-refractivity contribution < 1.29 is 18.7 Å². The first kappa shape index (κ1) is 11.8. The highest BCUT2D eigenvalue weighted by Gasteiger charge is 2.02. The van der Waals surface area contributed by atoms with Gasteiger partial charge in [-0.2, -0.15) is 0 Å². The lowest BCUT2D eigenvalue weighted by Crippen LogP contribution is -2.31. The molecule has 0 bridgehead atoms. The molecule has 0 saturated heterocycles. The van der Waals surface area contributed by atoms with E-state index < -0.39 is 12.0 Å². The van der Waals surface area contributed by atoms with Crippen molar-refractivity contribution >= 4 is 17.9 Å². The number of furan rings is 1. The first-order chi connectivity index (χ1) is 7.72. The molecule has 16 heavy (non-hydrogen) atoms. The number of hydrogen-bond acceptors (Lipinski definition) is 4. The first-order valence-electron chi connectivity index (χ1n) is 4.60. The van der Waals surface area contributed by atoms with Crippen LogP contribution in [0.1, 0.15) is 0 Å². The number of esters is 1. The maximum absolute atomic E-state index is 11.2. The van der Waals surface area contributed by atoms with E-state index in [0.29, 0.717) is 5.88 Å². The lowest BCUT2D eigenvalue weighted by Gasteiger charge is -2.05. The molecule has 1 heterocycles. The molecule has 86 valence electrons. The zero-order valence-electron chi connectivity index (χ0n) is 8.56. The van der Waals surface area contributed by atoms with Gasteiger partial charge in [-0.15, -0.1) is 0 Å². The number of ether oxygens (including phenoxy) is 1. The van der Waals surface area contributed by atoms with Crippen LogP contribution in [0.4, 0.5) is 10.7 Å². The molecule has 0 aliphatic carbocycles. The van der Waals surface area contributed by atoms with Gasteiger partial charge in [0.05, 0.1) is 12.8 Å². The highest BCUT2D eigenvalue weighted by molar-refractivity contribution is 5.87. The Hall–Kier alpha value is -2.24. The number of rotatable bonds is 5. The molecule has 1 rings (SSSR count). The molecule has 0 spiro atoms. The number of hydrogen-bond donors (Lipinski definition) is 2. The molecule has 0 unspecified atom stereocenters. The summed E-state index contributed by atoms with van der Waals surface area (Å²) in [5.41, 5.74) is 0. The summed E-state index contributed by atoms with van der Waals surface area (Å²) in [5, 5.41) is 4.93. The van der Waals surface area contributed by atoms with Crippen LogP contribution in [-0.2, 0) is 9.53 Å². The predicted octanol–water partition coefficient (Wildman–Crippen LogP) is 1.13. The van der Waals surface area contributed by atoms with Crippen LogP contribution < -0.4 is 10.6 Å². The second-order valence-electron chi connectivity index (χ2n) is 2.73. The zero-order chi connectivity index (χ0) is 11.8. The minimum Gasteiger partial charge on any atom is -0.461 e. The number of carbonyl (C=O) groups excluding carboxylic acids is 2. The molecule has 0 fully saturated rings. The summed E-state index contributed by atoms with van der Waals surface area (Å²) in [7, 11) is 0. The average molecular weight is 224 g/mol. The van der Waals surface area contributed by atoms with Gasteiger partial charge in [0.2, 0.25) is 5.88 Å². The topological polar surface area (TPSA) is 80.6 Å². The summed E-state index contributed by atoms with van der Waals surface area (Å²) in [6, 6.07) is 2.84. The molecule has 0 aliphatic rings. The highest BCUT2D eigenvalue weighted by Crippen LogP contribution is 2.05. The van der Waals surface area contributed by atoms with Crippen LogP contribution in [0.5, 0.6) is 0 Å². The van der Waals surface area contributed by atoms with Gasteiger partial charge in [0.1, 0.15) is 6.61 Å². The van der Waals surface area contributed by atoms with E-state index in [0.717, 1.165) is 6.08 Å². The fourth-order valence-corrected chi connectivity index (χ4v) is 0.881. The van der Waals surface area contributed by atoms with Crippen molar-refractivity contribution in [2.45, 2.75) is 0 Å². The molecule has 0 saturated carbocycles. The maximum Gasteiger partial charge on any atom is 0.330 e. The number of anilines is 1. The van der Waals surface area contributed by atoms with E-state index in [1.54, 1.807) is 12.1 Å². The van der Waals surface area contributed by atoms with Crippen molar-refractivity contribution in [1.82, 2.24) is 5.32 Å². The van der Waals surface area contributed by atoms with Crippen molar-refractivity contribution in [3.05, 3.63) is 31.1 Å². The van der Waals surface area contributed by atoms with Crippen LogP contribution in [0.25, 0.3) is 0 Å². The summed E-state index contributed by atoms with van der Waals surface area (Å²) in [5.74, 6) is -0.172. The molecule has 6 heteroatoms. The van der Waals surface area contributed by atoms with Gasteiger partial charge in [-0.25, -0.2) is 9.59 Å². The maximum atomic E-state index is 11.2. The minimum atomic E-state index is -0.520. The van der Waals surface area contributed by atoms with E-state index >= 15 is 0 Å². The molecule has 0 radical (unpaired) electrons. The van der Waals surface area contributed by atoms with Crippen molar-refractivity contribution in [3.63, 3.8) is 0 Å². The van der Waals surface area contributed by atoms with Crippen LogP contribution in [0.15, 0.2) is 35.5 Å². The van der Waals surface area contributed by atoms with Crippen LogP contribution >= 0.6 is 0 Å². The Morgan fingerprint density at radius 1 is 1.56 bits per heavy atom. The van der Waals surface area contributed by atoms with Gasteiger partial charge in [-0.3, -0.25) is 5.32 Å². The van der Waals surface area contributed by atoms with Crippen LogP contribution in [-0.4, -0.2) is 25.2 Å². The Morgan fingerprint density at radius 2 is 2.38 bits per heavy atom. The van der Waals surface area contributed by atoms with Crippen molar-refractivity contribution in [2.24, 2.45) is 0 Å². The first-order valence-corrected chi connectivity index (χ1v) is 4.60. The smallest absolute Gasteiger partial charge is 0.330 e. The molecule has 1 aromatic rings. The van der Waals surface area contributed by atoms with Gasteiger partial charge in [-0.05, 0) is 6.07 Å². The fraction of sp³-hybridized carbons (Fsp3) is 0.200. The monoisotopic (exact) mass is 224 g/mol. The Kier molecular flexibility index (Phi) is 4.65. The summed E-state index contributed by atoms with van der Waals surface area (Å²) in [6.45, 7) is 3.55. The molecule has 0 atom stereocenters. The van der Waals surface area contributed by atoms with Gasteiger partial charge in [-0.1, -0.05) is 6.58 Å². The SMILES string of the molecule is C=CC(=O)OCCNC(=O)Nc1ccco1. The zero-order valence-corrected chi connectivity index (χ0v) is 8.56. The number of amides is 2. The summed E-state index contributed by atoms with van der Waals surface area (Å²) in [4.78, 5) is 21.8. The third-order valence-corrected chi connectivity index (χ3v) is 1.56. The number of carbonyl (C=O) groups is 2. The molecule has 0 aromatic carbocycles. The standard InChI is InChI=1S/C10H12N2O4/c1-2-9(13)16-7-5-11-10(14)12-8-4-3-6-15-8/h2-4,6H,1,5,7H2,(H2,11,12,14). The largest absolute Gasteiger partial charge is 0.461 e. The molecule has 1 aromatic heterocycles. The summed E-state index contributed by atoms with van der Waals surface area (Å²) in [6.07, 6.45) is 2.50. The van der Waals surface area contributed by atoms with E-state index in [-0.39, 0.29) is 13.2 Å². The third-order valence-electron chi connectivity index (χ3n) is 1.56. The lowest BCUT2D eigenvalue weighted by molar-refractivity contribution is -0.137. The molecule has 6 nitrogen and oxygen atoms in total. The van der Waals surface area contributed by atoms with E-state index in [1.165, 1.54) is 6.26 Å². The minimum absolute atomic E-state index is 0.0937. The Balaban J connectivity index is 2.11. The molecule has 2 N–H and O–H groups in total. The number of urea groups is 1. The quantitative estimate of drug-likeness (QED) is 0.446. The second-order valence-corrected chi connectivity index (χ2v) is 2.73. The Morgan fingerprint density at radius 3 is 3.00 bits per heavy atom. The van der Waals surface area contributed by atoms with Crippen molar-refractivity contribution in [2.75, 3.05) is 18.5 Å². The Bertz CT molecular complexity index is 359. The normalized spacial score (nSPS) is 9.25. The van der Waals surface area contributed by atoms with E-state index in [9.17, 15) is 9.59 Å². The van der Waals surface area contributed by atoms with Gasteiger partial charge in [0, 0.05) is 12.1 Å². The summed E-state index contributed by atoms with van der Waals surface area (Å²) >= 11 is 0. The predicted molar refractivity (Wildman–Crippen MR) is 56.9 cm³/mol. The van der Waals surface area contributed by atoms with Crippen molar-refractivity contribution in [1.29, 1.82) is 0 Å². The molecule has 2 amide bonds. The van der Waals surface area contributed by atoms with E-state index in [4.69, 9.17) is 4.42 Å².